The summed E-state index contributed by atoms with van der Waals surface area (Å²) in [6, 6.07) is 14.4. The number of thiazole rings is 1. The van der Waals surface area contributed by atoms with Crippen molar-refractivity contribution in [2.24, 2.45) is 0 Å². The van der Waals surface area contributed by atoms with E-state index in [1.807, 2.05) is 24.3 Å². The minimum Gasteiger partial charge on any atom is -0.351 e. The van der Waals surface area contributed by atoms with Crippen molar-refractivity contribution in [3.63, 3.8) is 0 Å². The lowest BCUT2D eigenvalue weighted by Gasteiger charge is -2.34. The normalized spacial score (nSPS) is 14.4. The molecule has 1 aliphatic heterocycles. The molecule has 0 atom stereocenters. The summed E-state index contributed by atoms with van der Waals surface area (Å²) in [5.41, 5.74) is 3.25. The Hall–Kier alpha value is -1.80. The fourth-order valence-corrected chi connectivity index (χ4v) is 5.72. The van der Waals surface area contributed by atoms with Crippen LogP contribution in [0.1, 0.15) is 29.8 Å². The average Bonchev–Trinajstić information content (AvgIpc) is 3.23. The van der Waals surface area contributed by atoms with Crippen LogP contribution in [0.15, 0.2) is 47.4 Å². The lowest BCUT2D eigenvalue weighted by Crippen LogP contribution is -2.48. The van der Waals surface area contributed by atoms with E-state index < -0.39 is 0 Å². The van der Waals surface area contributed by atoms with Crippen molar-refractivity contribution in [2.75, 3.05) is 49.9 Å². The molecule has 2 heterocycles. The zero-order valence-electron chi connectivity index (χ0n) is 18.7. The maximum absolute atomic E-state index is 12.6. The maximum Gasteiger partial charge on any atom is 0.252 e. The fraction of sp³-hybridized carbons (Fsp3) is 0.417. The number of nitrogens with one attached hydrogen (secondary N) is 1. The van der Waals surface area contributed by atoms with Gasteiger partial charge in [0.05, 0.1) is 15.8 Å². The van der Waals surface area contributed by atoms with Crippen molar-refractivity contribution >= 4 is 56.8 Å². The molecule has 1 saturated heterocycles. The van der Waals surface area contributed by atoms with Crippen LogP contribution >= 0.6 is 35.5 Å². The van der Waals surface area contributed by atoms with E-state index in [0.717, 1.165) is 66.0 Å². The lowest BCUT2D eigenvalue weighted by atomic mass is 10.2. The Morgan fingerprint density at radius 1 is 1.12 bits per heavy atom. The lowest BCUT2D eigenvalue weighted by molar-refractivity contribution is 0.0945. The van der Waals surface area contributed by atoms with Crippen LogP contribution in [-0.4, -0.2) is 60.8 Å². The van der Waals surface area contributed by atoms with Crippen molar-refractivity contribution in [3.8, 4) is 0 Å². The second-order valence-electron chi connectivity index (χ2n) is 7.67. The number of hydrogen-bond acceptors (Lipinski definition) is 6. The monoisotopic (exact) mass is 490 g/mol. The molecule has 0 spiro atoms. The molecule has 0 bridgehead atoms. The van der Waals surface area contributed by atoms with Gasteiger partial charge in [0.15, 0.2) is 5.13 Å². The number of aromatic nitrogens is 1. The topological polar surface area (TPSA) is 48.5 Å². The second kappa shape index (κ2) is 11.9. The molecule has 4 rings (SSSR count). The molecule has 1 fully saturated rings. The Kier molecular flexibility index (Phi) is 9.22. The second-order valence-corrected chi connectivity index (χ2v) is 9.98. The van der Waals surface area contributed by atoms with Crippen LogP contribution in [0.5, 0.6) is 0 Å². The van der Waals surface area contributed by atoms with E-state index in [2.05, 4.69) is 47.2 Å². The molecular weight excluding hydrogens is 460 g/mol. The first kappa shape index (κ1) is 24.8. The quantitative estimate of drug-likeness (QED) is 0.453. The molecule has 32 heavy (non-hydrogen) atoms. The highest BCUT2D eigenvalue weighted by Gasteiger charge is 2.20. The zero-order chi connectivity index (χ0) is 21.6. The molecule has 5 nitrogen and oxygen atoms in total. The molecule has 1 aliphatic rings. The summed E-state index contributed by atoms with van der Waals surface area (Å²) in [6.07, 6.45) is 1.06. The largest absolute Gasteiger partial charge is 0.351 e. The van der Waals surface area contributed by atoms with E-state index in [1.165, 1.54) is 10.3 Å². The van der Waals surface area contributed by atoms with Gasteiger partial charge in [0.1, 0.15) is 0 Å². The van der Waals surface area contributed by atoms with E-state index >= 15 is 0 Å². The standard InChI is InChI=1S/C24H30N4OS2.ClH/c1-3-18-9-10-20-22(17-18)31-24(26-20)28-15-13-27(14-16-28)12-11-25-23(29)19-7-5-6-8-21(19)30-4-2;/h5-10,17H,3-4,11-16H2,1-2H3,(H,25,29);1H. The summed E-state index contributed by atoms with van der Waals surface area (Å²) >= 11 is 3.51. The number of nitrogens with zero attached hydrogens (tertiary/aromatic N) is 3. The van der Waals surface area contributed by atoms with Gasteiger partial charge < -0.3 is 10.2 Å². The molecular formula is C24H31ClN4OS2. The molecule has 0 unspecified atom stereocenters. The Labute approximate surface area is 205 Å². The first-order chi connectivity index (χ1) is 15.2. The number of halogens is 1. The van der Waals surface area contributed by atoms with Crippen molar-refractivity contribution in [3.05, 3.63) is 53.6 Å². The number of carbonyl (C=O) groups is 1. The molecule has 1 amide bonds. The highest BCUT2D eigenvalue weighted by Crippen LogP contribution is 2.30. The number of fused-ring (bicyclic) bond motifs is 1. The van der Waals surface area contributed by atoms with Crippen LogP contribution in [0.2, 0.25) is 0 Å². The van der Waals surface area contributed by atoms with Crippen molar-refractivity contribution in [1.29, 1.82) is 0 Å². The highest BCUT2D eigenvalue weighted by atomic mass is 35.5. The van der Waals surface area contributed by atoms with Gasteiger partial charge in [-0.2, -0.15) is 0 Å². The Morgan fingerprint density at radius 3 is 2.66 bits per heavy atom. The number of rotatable bonds is 8. The summed E-state index contributed by atoms with van der Waals surface area (Å²) in [6.45, 7) is 9.79. The number of aryl methyl sites for hydroxylation is 1. The van der Waals surface area contributed by atoms with Crippen LogP contribution in [0.4, 0.5) is 5.13 Å². The number of piperazine rings is 1. The highest BCUT2D eigenvalue weighted by molar-refractivity contribution is 7.99. The molecule has 8 heteroatoms. The maximum atomic E-state index is 12.6. The summed E-state index contributed by atoms with van der Waals surface area (Å²) in [4.78, 5) is 23.3. The number of benzene rings is 2. The first-order valence-electron chi connectivity index (χ1n) is 11.0. The number of anilines is 1. The van der Waals surface area contributed by atoms with Crippen LogP contribution in [0, 0.1) is 0 Å². The molecule has 0 radical (unpaired) electrons. The van der Waals surface area contributed by atoms with Gasteiger partial charge in [-0.25, -0.2) is 4.98 Å². The predicted molar refractivity (Wildman–Crippen MR) is 140 cm³/mol. The molecule has 2 aromatic carbocycles. The third-order valence-corrected chi connectivity index (χ3v) is 7.67. The van der Waals surface area contributed by atoms with Crippen molar-refractivity contribution in [1.82, 2.24) is 15.2 Å². The molecule has 1 N–H and O–H groups in total. The minimum atomic E-state index is 0. The van der Waals surface area contributed by atoms with Gasteiger partial charge in [0.25, 0.3) is 5.91 Å². The molecule has 0 saturated carbocycles. The van der Waals surface area contributed by atoms with E-state index in [1.54, 1.807) is 23.1 Å². The van der Waals surface area contributed by atoms with Gasteiger partial charge in [-0.3, -0.25) is 9.69 Å². The summed E-state index contributed by atoms with van der Waals surface area (Å²) in [5, 5.41) is 4.22. The molecule has 1 aromatic heterocycles. The fourth-order valence-electron chi connectivity index (χ4n) is 3.83. The van der Waals surface area contributed by atoms with Gasteiger partial charge in [0, 0.05) is 44.2 Å². The number of hydrogen-bond donors (Lipinski definition) is 1. The molecule has 3 aromatic rings. The summed E-state index contributed by atoms with van der Waals surface area (Å²) in [5.74, 6) is 0.985. The van der Waals surface area contributed by atoms with Gasteiger partial charge in [0.2, 0.25) is 0 Å². The summed E-state index contributed by atoms with van der Waals surface area (Å²) in [7, 11) is 0. The number of carbonyl (C=O) groups excluding carboxylic acids is 1. The van der Waals surface area contributed by atoms with E-state index in [9.17, 15) is 4.79 Å². The van der Waals surface area contributed by atoms with Gasteiger partial charge in [-0.1, -0.05) is 43.4 Å². The van der Waals surface area contributed by atoms with Gasteiger partial charge in [-0.15, -0.1) is 24.2 Å². The number of thioether (sulfide) groups is 1. The van der Waals surface area contributed by atoms with Crippen LogP contribution < -0.4 is 10.2 Å². The Morgan fingerprint density at radius 2 is 1.91 bits per heavy atom. The molecule has 172 valence electrons. The van der Waals surface area contributed by atoms with E-state index in [0.29, 0.717) is 6.54 Å². The SMILES string of the molecule is CCSc1ccccc1C(=O)NCCN1CCN(c2nc3ccc(CC)cc3s2)CC1.Cl. The Bertz CT molecular complexity index is 1030. The van der Waals surface area contributed by atoms with Crippen molar-refractivity contribution in [2.45, 2.75) is 25.2 Å². The molecule has 0 aliphatic carbocycles. The third kappa shape index (κ3) is 5.95. The van der Waals surface area contributed by atoms with Crippen LogP contribution in [0.3, 0.4) is 0 Å². The first-order valence-corrected chi connectivity index (χ1v) is 12.8. The van der Waals surface area contributed by atoms with E-state index in [4.69, 9.17) is 4.98 Å². The van der Waals surface area contributed by atoms with Crippen molar-refractivity contribution < 1.29 is 4.79 Å². The van der Waals surface area contributed by atoms with Crippen LogP contribution in [-0.2, 0) is 6.42 Å². The van der Waals surface area contributed by atoms with Crippen LogP contribution in [0.25, 0.3) is 10.2 Å². The smallest absolute Gasteiger partial charge is 0.252 e. The van der Waals surface area contributed by atoms with Gasteiger partial charge >= 0.3 is 0 Å². The van der Waals surface area contributed by atoms with Gasteiger partial charge in [-0.05, 0) is 42.0 Å². The third-order valence-electron chi connectivity index (χ3n) is 5.64. The Balaban J connectivity index is 0.00000289. The number of amides is 1. The predicted octanol–water partition coefficient (Wildman–Crippen LogP) is 4.94. The zero-order valence-corrected chi connectivity index (χ0v) is 21.1. The average molecular weight is 491 g/mol. The minimum absolute atomic E-state index is 0. The summed E-state index contributed by atoms with van der Waals surface area (Å²) < 4.78 is 1.28. The van der Waals surface area contributed by atoms with E-state index in [-0.39, 0.29) is 18.3 Å².